The molecule has 206 valence electrons. The van der Waals surface area contributed by atoms with Crippen molar-refractivity contribution in [2.24, 2.45) is 10.8 Å². The zero-order valence-corrected chi connectivity index (χ0v) is 22.5. The van der Waals surface area contributed by atoms with Gasteiger partial charge in [-0.05, 0) is 19.1 Å². The lowest BCUT2D eigenvalue weighted by Crippen LogP contribution is -2.50. The number of aromatic nitrogens is 3. The first-order valence-electron chi connectivity index (χ1n) is 12.6. The largest absolute Gasteiger partial charge is 0.494 e. The number of fused-ring (bicyclic) bond motifs is 2. The van der Waals surface area contributed by atoms with Gasteiger partial charge < -0.3 is 24.3 Å². The van der Waals surface area contributed by atoms with Crippen LogP contribution >= 0.6 is 0 Å². The molecule has 0 spiro atoms. The van der Waals surface area contributed by atoms with E-state index in [9.17, 15) is 9.59 Å². The molecular formula is C28H30N8O4. The van der Waals surface area contributed by atoms with Gasteiger partial charge in [0.15, 0.2) is 5.82 Å². The van der Waals surface area contributed by atoms with Crippen LogP contribution in [0.5, 0.6) is 11.6 Å². The summed E-state index contributed by atoms with van der Waals surface area (Å²) in [5.41, 5.74) is 3.56. The number of nitrogens with zero attached hydrogens (tertiary/aromatic N) is 6. The Balaban J connectivity index is 1.38. The minimum atomic E-state index is -0.648. The van der Waals surface area contributed by atoms with E-state index in [0.29, 0.717) is 54.5 Å². The van der Waals surface area contributed by atoms with E-state index >= 15 is 0 Å². The van der Waals surface area contributed by atoms with Gasteiger partial charge in [0.2, 0.25) is 5.88 Å². The SMILES string of the molecule is C=C/N=C\N(N)c1ncc(OC)c2c(C(=O)C(=O)N3CCN(c4cc(OC)nc5ccc(C)cc45)CC3)c[nH]c12. The van der Waals surface area contributed by atoms with Gasteiger partial charge in [-0.1, -0.05) is 18.2 Å². The number of aliphatic imine (C=N–C) groups is 1. The van der Waals surface area contributed by atoms with Crippen molar-refractivity contribution >= 4 is 51.3 Å². The van der Waals surface area contributed by atoms with Gasteiger partial charge in [0.25, 0.3) is 11.7 Å². The predicted molar refractivity (Wildman–Crippen MR) is 154 cm³/mol. The number of carbonyl (C=O) groups excluding carboxylic acids is 2. The lowest BCUT2D eigenvalue weighted by atomic mass is 10.1. The van der Waals surface area contributed by atoms with Crippen LogP contribution < -0.4 is 25.2 Å². The van der Waals surface area contributed by atoms with Crippen molar-refractivity contribution < 1.29 is 19.1 Å². The van der Waals surface area contributed by atoms with Gasteiger partial charge in [-0.15, -0.1) is 0 Å². The highest BCUT2D eigenvalue weighted by molar-refractivity contribution is 6.45. The third kappa shape index (κ3) is 4.80. The number of hydrazine groups is 1. The van der Waals surface area contributed by atoms with E-state index in [0.717, 1.165) is 22.2 Å². The second kappa shape index (κ2) is 11.0. The van der Waals surface area contributed by atoms with Crippen LogP contribution in [0.4, 0.5) is 11.5 Å². The molecule has 1 saturated heterocycles. The van der Waals surface area contributed by atoms with E-state index in [1.54, 1.807) is 12.0 Å². The Morgan fingerprint density at radius 1 is 1.18 bits per heavy atom. The molecule has 0 bridgehead atoms. The number of anilines is 2. The van der Waals surface area contributed by atoms with Crippen LogP contribution in [0.15, 0.2) is 54.4 Å². The number of ether oxygens (including phenoxy) is 2. The second-order valence-electron chi connectivity index (χ2n) is 9.27. The summed E-state index contributed by atoms with van der Waals surface area (Å²) >= 11 is 0. The fourth-order valence-electron chi connectivity index (χ4n) is 4.88. The molecular weight excluding hydrogens is 512 g/mol. The fraction of sp³-hybridized carbons (Fsp3) is 0.250. The Labute approximate surface area is 230 Å². The van der Waals surface area contributed by atoms with E-state index in [1.165, 1.54) is 37.1 Å². The summed E-state index contributed by atoms with van der Waals surface area (Å²) in [4.78, 5) is 46.4. The summed E-state index contributed by atoms with van der Waals surface area (Å²) in [5, 5.41) is 2.62. The number of nitrogens with two attached hydrogens (primary N) is 1. The Kier molecular flexibility index (Phi) is 7.34. The molecule has 1 amide bonds. The normalized spacial score (nSPS) is 13.7. The van der Waals surface area contributed by atoms with Crippen LogP contribution in [0.2, 0.25) is 0 Å². The Bertz CT molecular complexity index is 1640. The number of ketones is 1. The quantitative estimate of drug-likeness (QED) is 0.0858. The van der Waals surface area contributed by atoms with Crippen molar-refractivity contribution in [2.75, 3.05) is 50.3 Å². The molecule has 3 N–H and O–H groups in total. The van der Waals surface area contributed by atoms with Gasteiger partial charge in [-0.25, -0.2) is 25.8 Å². The molecule has 12 heteroatoms. The molecule has 1 fully saturated rings. The molecule has 1 aliphatic rings. The number of carbonyl (C=O) groups is 2. The van der Waals surface area contributed by atoms with Crippen molar-refractivity contribution in [1.82, 2.24) is 19.9 Å². The third-order valence-electron chi connectivity index (χ3n) is 6.89. The molecule has 4 heterocycles. The van der Waals surface area contributed by atoms with Crippen LogP contribution in [0.1, 0.15) is 15.9 Å². The molecule has 0 unspecified atom stereocenters. The Morgan fingerprint density at radius 2 is 1.95 bits per heavy atom. The van der Waals surface area contributed by atoms with E-state index in [1.807, 2.05) is 25.1 Å². The number of hydrogen-bond acceptors (Lipinski definition) is 9. The number of methoxy groups -OCH3 is 2. The summed E-state index contributed by atoms with van der Waals surface area (Å²) in [5.74, 6) is 5.98. The fourth-order valence-corrected chi connectivity index (χ4v) is 4.88. The number of hydrogen-bond donors (Lipinski definition) is 2. The van der Waals surface area contributed by atoms with Gasteiger partial charge in [0.1, 0.15) is 12.1 Å². The topological polar surface area (TPSA) is 142 Å². The lowest BCUT2D eigenvalue weighted by Gasteiger charge is -2.36. The second-order valence-corrected chi connectivity index (χ2v) is 9.27. The molecule has 3 aromatic heterocycles. The molecule has 0 aliphatic carbocycles. The number of amides is 1. The van der Waals surface area contributed by atoms with E-state index in [2.05, 4.69) is 37.5 Å². The first kappa shape index (κ1) is 26.6. The van der Waals surface area contributed by atoms with Crippen molar-refractivity contribution in [1.29, 1.82) is 0 Å². The summed E-state index contributed by atoms with van der Waals surface area (Å²) in [7, 11) is 3.06. The van der Waals surface area contributed by atoms with E-state index in [4.69, 9.17) is 15.3 Å². The molecule has 0 saturated carbocycles. The van der Waals surface area contributed by atoms with Crippen LogP contribution in [0, 0.1) is 6.92 Å². The maximum Gasteiger partial charge on any atom is 0.295 e. The van der Waals surface area contributed by atoms with Crippen LogP contribution in [-0.2, 0) is 4.79 Å². The highest BCUT2D eigenvalue weighted by atomic mass is 16.5. The van der Waals surface area contributed by atoms with E-state index < -0.39 is 11.7 Å². The average molecular weight is 543 g/mol. The standard InChI is InChI=1S/C28H30N8O4/c1-5-30-16-36(29)27-25-24(22(39-3)15-32-27)19(14-31-25)26(37)28(38)35-10-8-34(9-11-35)21-13-23(40-4)33-20-7-6-17(2)12-18(20)21/h5-7,12-16,31H,1,8-11,29H2,2-4H3/b30-16-. The molecule has 12 nitrogen and oxygen atoms in total. The van der Waals surface area contributed by atoms with Crippen LogP contribution in [0.3, 0.4) is 0 Å². The number of H-pyrrole nitrogens is 1. The van der Waals surface area contributed by atoms with Gasteiger partial charge in [0, 0.05) is 50.0 Å². The minimum Gasteiger partial charge on any atom is -0.494 e. The summed E-state index contributed by atoms with van der Waals surface area (Å²) < 4.78 is 10.9. The highest BCUT2D eigenvalue weighted by Gasteiger charge is 2.31. The molecule has 40 heavy (non-hydrogen) atoms. The van der Waals surface area contributed by atoms with Crippen molar-refractivity contribution in [3.63, 3.8) is 0 Å². The molecule has 5 rings (SSSR count). The molecule has 4 aromatic rings. The zero-order chi connectivity index (χ0) is 28.4. The highest BCUT2D eigenvalue weighted by Crippen LogP contribution is 2.34. The van der Waals surface area contributed by atoms with Crippen molar-refractivity contribution in [3.8, 4) is 11.6 Å². The maximum absolute atomic E-state index is 13.5. The van der Waals surface area contributed by atoms with Crippen molar-refractivity contribution in [3.05, 3.63) is 60.6 Å². The Hall–Kier alpha value is -4.97. The predicted octanol–water partition coefficient (Wildman–Crippen LogP) is 2.82. The van der Waals surface area contributed by atoms with Gasteiger partial charge in [-0.3, -0.25) is 9.59 Å². The molecule has 0 atom stereocenters. The number of pyridine rings is 2. The number of Topliss-reactive ketones (excluding diaryl/α,β-unsaturated/α-hetero) is 1. The van der Waals surface area contributed by atoms with Gasteiger partial charge in [0.05, 0.1) is 48.1 Å². The number of rotatable bonds is 8. The first-order chi connectivity index (χ1) is 19.4. The number of benzene rings is 1. The maximum atomic E-state index is 13.5. The van der Waals surface area contributed by atoms with Gasteiger partial charge in [-0.2, -0.15) is 0 Å². The molecule has 1 aromatic carbocycles. The number of piperazine rings is 1. The summed E-state index contributed by atoms with van der Waals surface area (Å²) in [6.07, 6.45) is 5.59. The lowest BCUT2D eigenvalue weighted by molar-refractivity contribution is -0.126. The smallest absolute Gasteiger partial charge is 0.295 e. The third-order valence-corrected chi connectivity index (χ3v) is 6.89. The van der Waals surface area contributed by atoms with Crippen LogP contribution in [0.25, 0.3) is 21.8 Å². The minimum absolute atomic E-state index is 0.178. The molecule has 1 aliphatic heterocycles. The number of aromatic amines is 1. The first-order valence-corrected chi connectivity index (χ1v) is 12.6. The summed E-state index contributed by atoms with van der Waals surface area (Å²) in [6.45, 7) is 7.41. The molecule has 0 radical (unpaired) electrons. The van der Waals surface area contributed by atoms with Crippen LogP contribution in [-0.4, -0.2) is 78.3 Å². The Morgan fingerprint density at radius 3 is 2.65 bits per heavy atom. The number of nitrogens with one attached hydrogen (secondary N) is 1. The number of aryl methyl sites for hydroxylation is 1. The van der Waals surface area contributed by atoms with Crippen molar-refractivity contribution in [2.45, 2.75) is 6.92 Å². The monoisotopic (exact) mass is 542 g/mol. The van der Waals surface area contributed by atoms with Gasteiger partial charge >= 0.3 is 0 Å². The average Bonchev–Trinajstić information content (AvgIpc) is 3.43. The van der Waals surface area contributed by atoms with E-state index in [-0.39, 0.29) is 5.56 Å². The zero-order valence-electron chi connectivity index (χ0n) is 22.5. The summed E-state index contributed by atoms with van der Waals surface area (Å²) in [6, 6.07) is 7.99.